The van der Waals surface area contributed by atoms with Crippen molar-refractivity contribution in [2.45, 2.75) is 64.7 Å². The number of primary amides is 2. The van der Waals surface area contributed by atoms with Crippen LogP contribution >= 0.6 is 0 Å². The van der Waals surface area contributed by atoms with Gasteiger partial charge in [-0.15, -0.1) is 0 Å². The summed E-state index contributed by atoms with van der Waals surface area (Å²) in [6.07, 6.45) is 9.95. The van der Waals surface area contributed by atoms with Crippen molar-refractivity contribution in [3.63, 3.8) is 0 Å². The molecule has 0 radical (unpaired) electrons. The number of amides is 2. The SMILES string of the molecule is CCCCCCCCCCC(C(N)=O)C(N)=O. The zero-order chi connectivity index (χ0) is 13.1. The van der Waals surface area contributed by atoms with E-state index in [4.69, 9.17) is 11.5 Å². The molecule has 100 valence electrons. The maximum atomic E-state index is 10.9. The first-order chi connectivity index (χ1) is 8.09. The molecular weight excluding hydrogens is 216 g/mol. The van der Waals surface area contributed by atoms with E-state index in [0.717, 1.165) is 19.3 Å². The average molecular weight is 242 g/mol. The lowest BCUT2D eigenvalue weighted by Crippen LogP contribution is -2.34. The normalized spacial score (nSPS) is 10.7. The third-order valence-electron chi connectivity index (χ3n) is 3.03. The Morgan fingerprint density at radius 1 is 0.824 bits per heavy atom. The van der Waals surface area contributed by atoms with Gasteiger partial charge in [0.1, 0.15) is 5.92 Å². The minimum Gasteiger partial charge on any atom is -0.369 e. The number of unbranched alkanes of at least 4 members (excludes halogenated alkanes) is 7. The first kappa shape index (κ1) is 15.9. The van der Waals surface area contributed by atoms with Crippen molar-refractivity contribution in [3.8, 4) is 0 Å². The Morgan fingerprint density at radius 3 is 1.65 bits per heavy atom. The molecule has 0 aromatic carbocycles. The van der Waals surface area contributed by atoms with E-state index < -0.39 is 17.7 Å². The van der Waals surface area contributed by atoms with Gasteiger partial charge in [-0.25, -0.2) is 0 Å². The molecular formula is C13H26N2O2. The zero-order valence-corrected chi connectivity index (χ0v) is 10.9. The second kappa shape index (κ2) is 10.1. The fourth-order valence-corrected chi connectivity index (χ4v) is 1.91. The Hall–Kier alpha value is -1.06. The van der Waals surface area contributed by atoms with Gasteiger partial charge in [0.15, 0.2) is 0 Å². The van der Waals surface area contributed by atoms with Crippen LogP contribution in [0.2, 0.25) is 0 Å². The van der Waals surface area contributed by atoms with Crippen molar-refractivity contribution in [3.05, 3.63) is 0 Å². The van der Waals surface area contributed by atoms with Crippen LogP contribution in [0.4, 0.5) is 0 Å². The lowest BCUT2D eigenvalue weighted by Gasteiger charge is -2.08. The molecule has 0 bridgehead atoms. The van der Waals surface area contributed by atoms with Crippen LogP contribution in [-0.2, 0) is 9.59 Å². The predicted octanol–water partition coefficient (Wildman–Crippen LogP) is 2.10. The fourth-order valence-electron chi connectivity index (χ4n) is 1.91. The number of nitrogens with two attached hydrogens (primary N) is 2. The van der Waals surface area contributed by atoms with E-state index in [1.54, 1.807) is 0 Å². The molecule has 0 saturated carbocycles. The van der Waals surface area contributed by atoms with E-state index in [-0.39, 0.29) is 0 Å². The van der Waals surface area contributed by atoms with Gasteiger partial charge in [-0.2, -0.15) is 0 Å². The Morgan fingerprint density at radius 2 is 1.24 bits per heavy atom. The lowest BCUT2D eigenvalue weighted by molar-refractivity contribution is -0.131. The molecule has 0 fully saturated rings. The van der Waals surface area contributed by atoms with E-state index in [2.05, 4.69) is 6.92 Å². The molecule has 17 heavy (non-hydrogen) atoms. The summed E-state index contributed by atoms with van der Waals surface area (Å²) in [5, 5.41) is 0. The van der Waals surface area contributed by atoms with Gasteiger partial charge >= 0.3 is 0 Å². The van der Waals surface area contributed by atoms with Crippen LogP contribution < -0.4 is 11.5 Å². The van der Waals surface area contributed by atoms with Crippen molar-refractivity contribution >= 4 is 11.8 Å². The van der Waals surface area contributed by atoms with E-state index in [1.807, 2.05) is 0 Å². The molecule has 2 amide bonds. The van der Waals surface area contributed by atoms with Crippen LogP contribution in [0.15, 0.2) is 0 Å². The standard InChI is InChI=1S/C13H26N2O2/c1-2-3-4-5-6-7-8-9-10-11(12(14)16)13(15)17/h11H,2-10H2,1H3,(H2,14,16)(H2,15,17). The van der Waals surface area contributed by atoms with Crippen LogP contribution in [0.3, 0.4) is 0 Å². The third kappa shape index (κ3) is 8.72. The topological polar surface area (TPSA) is 86.2 Å². The fraction of sp³-hybridized carbons (Fsp3) is 0.846. The van der Waals surface area contributed by atoms with E-state index in [9.17, 15) is 9.59 Å². The molecule has 0 saturated heterocycles. The first-order valence-electron chi connectivity index (χ1n) is 6.68. The van der Waals surface area contributed by atoms with Gasteiger partial charge in [-0.1, -0.05) is 58.3 Å². The molecule has 4 nitrogen and oxygen atoms in total. The molecule has 0 aromatic rings. The summed E-state index contributed by atoms with van der Waals surface area (Å²) in [6.45, 7) is 2.20. The molecule has 0 aromatic heterocycles. The number of carbonyl (C=O) groups is 2. The third-order valence-corrected chi connectivity index (χ3v) is 3.03. The van der Waals surface area contributed by atoms with Gasteiger partial charge in [0, 0.05) is 0 Å². The monoisotopic (exact) mass is 242 g/mol. The van der Waals surface area contributed by atoms with Gasteiger partial charge in [0.05, 0.1) is 0 Å². The Bertz CT molecular complexity index is 215. The minimum absolute atomic E-state index is 0.500. The quantitative estimate of drug-likeness (QED) is 0.429. The Balaban J connectivity index is 3.43. The largest absolute Gasteiger partial charge is 0.369 e. The van der Waals surface area contributed by atoms with Crippen molar-refractivity contribution in [1.29, 1.82) is 0 Å². The van der Waals surface area contributed by atoms with Crippen LogP contribution in [-0.4, -0.2) is 11.8 Å². The Labute approximate surface area is 104 Å². The first-order valence-corrected chi connectivity index (χ1v) is 6.68. The molecule has 0 heterocycles. The second-order valence-corrected chi connectivity index (χ2v) is 4.62. The number of rotatable bonds is 11. The minimum atomic E-state index is -0.782. The van der Waals surface area contributed by atoms with Crippen LogP contribution in [0.5, 0.6) is 0 Å². The molecule has 0 aliphatic carbocycles. The lowest BCUT2D eigenvalue weighted by atomic mass is 9.99. The maximum Gasteiger partial charge on any atom is 0.229 e. The zero-order valence-electron chi connectivity index (χ0n) is 10.9. The number of hydrogen-bond donors (Lipinski definition) is 2. The van der Waals surface area contributed by atoms with E-state index in [0.29, 0.717) is 6.42 Å². The number of hydrogen-bond acceptors (Lipinski definition) is 2. The summed E-state index contributed by atoms with van der Waals surface area (Å²) in [4.78, 5) is 21.8. The molecule has 0 aliphatic heterocycles. The molecule has 0 spiro atoms. The smallest absolute Gasteiger partial charge is 0.229 e. The highest BCUT2D eigenvalue weighted by molar-refractivity contribution is 5.98. The Kier molecular flexibility index (Phi) is 9.49. The van der Waals surface area contributed by atoms with Crippen molar-refractivity contribution < 1.29 is 9.59 Å². The summed E-state index contributed by atoms with van der Waals surface area (Å²) >= 11 is 0. The summed E-state index contributed by atoms with van der Waals surface area (Å²) in [5.41, 5.74) is 10.2. The second-order valence-electron chi connectivity index (χ2n) is 4.62. The highest BCUT2D eigenvalue weighted by atomic mass is 16.2. The highest BCUT2D eigenvalue weighted by Gasteiger charge is 2.20. The van der Waals surface area contributed by atoms with Gasteiger partial charge < -0.3 is 11.5 Å². The maximum absolute atomic E-state index is 10.9. The number of carbonyl (C=O) groups excluding carboxylic acids is 2. The molecule has 0 unspecified atom stereocenters. The van der Waals surface area contributed by atoms with Crippen LogP contribution in [0, 0.1) is 5.92 Å². The van der Waals surface area contributed by atoms with Crippen molar-refractivity contribution in [2.24, 2.45) is 17.4 Å². The van der Waals surface area contributed by atoms with Gasteiger partial charge in [-0.05, 0) is 6.42 Å². The molecule has 4 N–H and O–H groups in total. The molecule has 0 atom stereocenters. The summed E-state index contributed by atoms with van der Waals surface area (Å²) < 4.78 is 0. The molecule has 0 rings (SSSR count). The molecule has 0 aliphatic rings. The summed E-state index contributed by atoms with van der Waals surface area (Å²) in [5.74, 6) is -1.98. The predicted molar refractivity (Wildman–Crippen MR) is 69.1 cm³/mol. The van der Waals surface area contributed by atoms with Crippen molar-refractivity contribution in [1.82, 2.24) is 0 Å². The van der Waals surface area contributed by atoms with E-state index >= 15 is 0 Å². The van der Waals surface area contributed by atoms with Crippen LogP contribution in [0.25, 0.3) is 0 Å². The summed E-state index contributed by atoms with van der Waals surface area (Å²) in [7, 11) is 0. The average Bonchev–Trinajstić information content (AvgIpc) is 2.26. The van der Waals surface area contributed by atoms with Gasteiger partial charge in [0.25, 0.3) is 0 Å². The molecule has 4 heteroatoms. The highest BCUT2D eigenvalue weighted by Crippen LogP contribution is 2.13. The van der Waals surface area contributed by atoms with Gasteiger partial charge in [-0.3, -0.25) is 9.59 Å². The summed E-state index contributed by atoms with van der Waals surface area (Å²) in [6, 6.07) is 0. The van der Waals surface area contributed by atoms with E-state index in [1.165, 1.54) is 32.1 Å². The van der Waals surface area contributed by atoms with Gasteiger partial charge in [0.2, 0.25) is 11.8 Å². The van der Waals surface area contributed by atoms with Crippen molar-refractivity contribution in [2.75, 3.05) is 0 Å². The van der Waals surface area contributed by atoms with Crippen LogP contribution in [0.1, 0.15) is 64.7 Å².